The minimum atomic E-state index is 0.781. The first-order chi connectivity index (χ1) is 8.31. The van der Waals surface area contributed by atoms with Crippen LogP contribution in [0.15, 0.2) is 17.5 Å². The summed E-state index contributed by atoms with van der Waals surface area (Å²) in [6, 6.07) is 5.23. The van der Waals surface area contributed by atoms with Crippen LogP contribution in [0.5, 0.6) is 0 Å². The van der Waals surface area contributed by atoms with Crippen molar-refractivity contribution in [3.63, 3.8) is 0 Å². The summed E-state index contributed by atoms with van der Waals surface area (Å²) in [7, 11) is 0. The van der Waals surface area contributed by atoms with Gasteiger partial charge in [-0.25, -0.2) is 0 Å². The van der Waals surface area contributed by atoms with E-state index in [1.807, 2.05) is 11.3 Å². The Morgan fingerprint density at radius 2 is 2.29 bits per heavy atom. The van der Waals surface area contributed by atoms with Gasteiger partial charge >= 0.3 is 0 Å². The summed E-state index contributed by atoms with van der Waals surface area (Å²) in [5.74, 6) is 1.80. The first-order valence-electron chi connectivity index (χ1n) is 7.07. The average molecular weight is 251 g/mol. The van der Waals surface area contributed by atoms with Crippen molar-refractivity contribution in [2.75, 3.05) is 6.54 Å². The van der Waals surface area contributed by atoms with Gasteiger partial charge < -0.3 is 5.32 Å². The molecule has 1 aromatic rings. The molecule has 2 heteroatoms. The lowest BCUT2D eigenvalue weighted by Crippen LogP contribution is -2.33. The third kappa shape index (κ3) is 3.56. The van der Waals surface area contributed by atoms with Gasteiger partial charge in [-0.3, -0.25) is 0 Å². The highest BCUT2D eigenvalue weighted by molar-refractivity contribution is 7.09. The van der Waals surface area contributed by atoms with Gasteiger partial charge in [0.1, 0.15) is 0 Å². The quantitative estimate of drug-likeness (QED) is 0.803. The Hall–Kier alpha value is -0.340. The smallest absolute Gasteiger partial charge is 0.00954 e. The molecule has 2 rings (SSSR count). The average Bonchev–Trinajstić information content (AvgIpc) is 2.95. The number of thiophene rings is 1. The van der Waals surface area contributed by atoms with E-state index in [0.29, 0.717) is 0 Å². The molecule has 1 nitrogen and oxygen atoms in total. The van der Waals surface area contributed by atoms with E-state index in [-0.39, 0.29) is 0 Å². The fraction of sp³-hybridized carbons (Fsp3) is 0.733. The standard InChI is InChI=1S/C15H25NS/c1-3-10-16-15-9-7-13(12(15)2)6-8-14-5-4-11-17-14/h4-5,11-13,15-16H,3,6-10H2,1-2H3. The van der Waals surface area contributed by atoms with Crippen LogP contribution in [0.4, 0.5) is 0 Å². The highest BCUT2D eigenvalue weighted by Crippen LogP contribution is 2.35. The lowest BCUT2D eigenvalue weighted by atomic mass is 9.91. The third-order valence-electron chi connectivity index (χ3n) is 4.22. The summed E-state index contributed by atoms with van der Waals surface area (Å²) >= 11 is 1.91. The number of aryl methyl sites for hydroxylation is 1. The van der Waals surface area contributed by atoms with Crippen molar-refractivity contribution in [1.29, 1.82) is 0 Å². The molecule has 1 fully saturated rings. The monoisotopic (exact) mass is 251 g/mol. The lowest BCUT2D eigenvalue weighted by Gasteiger charge is -2.21. The van der Waals surface area contributed by atoms with Crippen molar-refractivity contribution < 1.29 is 0 Å². The van der Waals surface area contributed by atoms with Gasteiger partial charge in [-0.1, -0.05) is 19.9 Å². The molecule has 0 bridgehead atoms. The van der Waals surface area contributed by atoms with Gasteiger partial charge in [0.2, 0.25) is 0 Å². The Morgan fingerprint density at radius 3 is 3.00 bits per heavy atom. The molecule has 0 radical (unpaired) electrons. The summed E-state index contributed by atoms with van der Waals surface area (Å²) in [6.07, 6.45) is 6.73. The molecule has 3 atom stereocenters. The van der Waals surface area contributed by atoms with Crippen molar-refractivity contribution in [1.82, 2.24) is 5.32 Å². The zero-order valence-electron chi connectivity index (χ0n) is 11.1. The van der Waals surface area contributed by atoms with Crippen LogP contribution in [-0.4, -0.2) is 12.6 Å². The lowest BCUT2D eigenvalue weighted by molar-refractivity contribution is 0.338. The second-order valence-electron chi connectivity index (χ2n) is 5.38. The maximum absolute atomic E-state index is 3.71. The second-order valence-corrected chi connectivity index (χ2v) is 6.41. The van der Waals surface area contributed by atoms with Gasteiger partial charge in [-0.15, -0.1) is 11.3 Å². The molecular formula is C15H25NS. The molecule has 1 heterocycles. The van der Waals surface area contributed by atoms with Gasteiger partial charge in [0.15, 0.2) is 0 Å². The van der Waals surface area contributed by atoms with E-state index in [1.54, 1.807) is 4.88 Å². The molecule has 1 saturated carbocycles. The van der Waals surface area contributed by atoms with Gasteiger partial charge in [0.25, 0.3) is 0 Å². The van der Waals surface area contributed by atoms with Crippen LogP contribution in [0.25, 0.3) is 0 Å². The van der Waals surface area contributed by atoms with Crippen molar-refractivity contribution >= 4 is 11.3 Å². The van der Waals surface area contributed by atoms with Crippen LogP contribution in [0.1, 0.15) is 44.4 Å². The summed E-state index contributed by atoms with van der Waals surface area (Å²) in [6.45, 7) is 5.88. The van der Waals surface area contributed by atoms with Crippen LogP contribution in [-0.2, 0) is 6.42 Å². The van der Waals surface area contributed by atoms with Crippen molar-refractivity contribution in [3.05, 3.63) is 22.4 Å². The number of hydrogen-bond donors (Lipinski definition) is 1. The van der Waals surface area contributed by atoms with Crippen LogP contribution in [0.3, 0.4) is 0 Å². The first-order valence-corrected chi connectivity index (χ1v) is 7.95. The summed E-state index contributed by atoms with van der Waals surface area (Å²) in [4.78, 5) is 1.56. The molecule has 1 N–H and O–H groups in total. The molecular weight excluding hydrogens is 226 g/mol. The Kier molecular flexibility index (Phi) is 5.05. The fourth-order valence-electron chi connectivity index (χ4n) is 3.06. The maximum atomic E-state index is 3.71. The minimum Gasteiger partial charge on any atom is -0.314 e. The molecule has 0 amide bonds. The molecule has 1 aliphatic rings. The Bertz CT molecular complexity index is 307. The summed E-state index contributed by atoms with van der Waals surface area (Å²) in [5.41, 5.74) is 0. The van der Waals surface area contributed by atoms with Crippen LogP contribution >= 0.6 is 11.3 Å². The largest absolute Gasteiger partial charge is 0.314 e. The van der Waals surface area contributed by atoms with Crippen LogP contribution < -0.4 is 5.32 Å². The van der Waals surface area contributed by atoms with E-state index in [4.69, 9.17) is 0 Å². The fourth-order valence-corrected chi connectivity index (χ4v) is 3.78. The van der Waals surface area contributed by atoms with Gasteiger partial charge in [0, 0.05) is 10.9 Å². The van der Waals surface area contributed by atoms with Crippen LogP contribution in [0, 0.1) is 11.8 Å². The molecule has 17 heavy (non-hydrogen) atoms. The summed E-state index contributed by atoms with van der Waals surface area (Å²) < 4.78 is 0. The number of hydrogen-bond acceptors (Lipinski definition) is 2. The van der Waals surface area contributed by atoms with E-state index >= 15 is 0 Å². The highest BCUT2D eigenvalue weighted by Gasteiger charge is 2.31. The number of rotatable bonds is 6. The minimum absolute atomic E-state index is 0.781. The predicted molar refractivity (Wildman–Crippen MR) is 76.6 cm³/mol. The van der Waals surface area contributed by atoms with Gasteiger partial charge in [-0.05, 0) is 61.9 Å². The third-order valence-corrected chi connectivity index (χ3v) is 5.16. The Morgan fingerprint density at radius 1 is 1.41 bits per heavy atom. The molecule has 0 aromatic carbocycles. The molecule has 96 valence electrons. The predicted octanol–water partition coefficient (Wildman–Crippen LogP) is 4.10. The van der Waals surface area contributed by atoms with E-state index in [1.165, 1.54) is 38.6 Å². The molecule has 0 aliphatic heterocycles. The van der Waals surface area contributed by atoms with Crippen LogP contribution in [0.2, 0.25) is 0 Å². The molecule has 1 aliphatic carbocycles. The Balaban J connectivity index is 1.75. The molecule has 0 spiro atoms. The molecule has 1 aromatic heterocycles. The molecule has 0 saturated heterocycles. The first kappa shape index (κ1) is 13.1. The second kappa shape index (κ2) is 6.55. The zero-order chi connectivity index (χ0) is 12.1. The maximum Gasteiger partial charge on any atom is 0.00954 e. The Labute approximate surface area is 110 Å². The zero-order valence-corrected chi connectivity index (χ0v) is 11.9. The SMILES string of the molecule is CCCNC1CCC(CCc2cccs2)C1C. The highest BCUT2D eigenvalue weighted by atomic mass is 32.1. The normalized spacial score (nSPS) is 28.7. The van der Waals surface area contributed by atoms with Gasteiger partial charge in [-0.2, -0.15) is 0 Å². The van der Waals surface area contributed by atoms with E-state index in [9.17, 15) is 0 Å². The van der Waals surface area contributed by atoms with Crippen molar-refractivity contribution in [3.8, 4) is 0 Å². The van der Waals surface area contributed by atoms with Crippen molar-refractivity contribution in [2.45, 2.75) is 52.0 Å². The molecule has 3 unspecified atom stereocenters. The van der Waals surface area contributed by atoms with Gasteiger partial charge in [0.05, 0.1) is 0 Å². The summed E-state index contributed by atoms with van der Waals surface area (Å²) in [5, 5.41) is 5.90. The van der Waals surface area contributed by atoms with Crippen molar-refractivity contribution in [2.24, 2.45) is 11.8 Å². The topological polar surface area (TPSA) is 12.0 Å². The van der Waals surface area contributed by atoms with E-state index in [0.717, 1.165) is 17.9 Å². The van der Waals surface area contributed by atoms with E-state index < -0.39 is 0 Å². The number of nitrogens with one attached hydrogen (secondary N) is 1. The van der Waals surface area contributed by atoms with E-state index in [2.05, 4.69) is 36.7 Å².